The number of aliphatic hydroxyl groups excluding tert-OH is 2. The van der Waals surface area contributed by atoms with E-state index in [1.807, 2.05) is 6.92 Å². The van der Waals surface area contributed by atoms with Crippen molar-refractivity contribution in [2.75, 3.05) is 45.9 Å². The predicted molar refractivity (Wildman–Crippen MR) is 286 cm³/mol. The first-order valence-electron chi connectivity index (χ1n) is 26.8. The molecule has 0 unspecified atom stereocenters. The fraction of sp³-hybridized carbons (Fsp3) is 0.566. The zero-order chi connectivity index (χ0) is 57.8. The molecular formula is C53H77N13O13. The monoisotopic (exact) mass is 1100 g/mol. The Morgan fingerprint density at radius 1 is 0.620 bits per heavy atom. The number of amides is 9. The van der Waals surface area contributed by atoms with Crippen LogP contribution in [-0.4, -0.2) is 195 Å². The first-order chi connectivity index (χ1) is 37.8. The van der Waals surface area contributed by atoms with Crippen molar-refractivity contribution in [1.82, 2.24) is 46.6 Å². The summed E-state index contributed by atoms with van der Waals surface area (Å²) in [6.07, 6.45) is 2.58. The minimum absolute atomic E-state index is 0.00920. The Labute approximate surface area is 458 Å². The molecule has 3 heterocycles. The summed E-state index contributed by atoms with van der Waals surface area (Å²) in [5.74, 6) is -8.25. The van der Waals surface area contributed by atoms with Crippen molar-refractivity contribution >= 4 is 65.1 Å². The lowest BCUT2D eigenvalue weighted by atomic mass is 9.99. The van der Waals surface area contributed by atoms with Crippen LogP contribution in [0.25, 0.3) is 0 Å². The van der Waals surface area contributed by atoms with E-state index in [0.717, 1.165) is 0 Å². The van der Waals surface area contributed by atoms with E-state index in [1.54, 1.807) is 67.6 Å². The molecule has 3 fully saturated rings. The van der Waals surface area contributed by atoms with E-state index in [0.29, 0.717) is 36.8 Å². The first kappa shape index (κ1) is 62.1. The fourth-order valence-corrected chi connectivity index (χ4v) is 9.86. The van der Waals surface area contributed by atoms with Crippen molar-refractivity contribution in [3.8, 4) is 0 Å². The Bertz CT molecular complexity index is 2480. The van der Waals surface area contributed by atoms with Crippen LogP contribution in [0.1, 0.15) is 82.8 Å². The lowest BCUT2D eigenvalue weighted by Crippen LogP contribution is -2.60. The van der Waals surface area contributed by atoms with Gasteiger partial charge in [-0.3, -0.25) is 48.1 Å². The van der Waals surface area contributed by atoms with Crippen LogP contribution in [-0.2, 0) is 60.8 Å². The average Bonchev–Trinajstić information content (AvgIpc) is 4.34. The molecule has 3 aliphatic rings. The molecule has 3 saturated heterocycles. The average molecular weight is 1100 g/mol. The third-order valence-electron chi connectivity index (χ3n) is 14.5. The maximum Gasteiger partial charge on any atom is 0.326 e. The first-order valence-corrected chi connectivity index (χ1v) is 26.8. The summed E-state index contributed by atoms with van der Waals surface area (Å²) in [5.41, 5.74) is 18.3. The third kappa shape index (κ3) is 17.6. The fourth-order valence-electron chi connectivity index (χ4n) is 9.86. The highest BCUT2D eigenvalue weighted by Crippen LogP contribution is 2.27. The molecule has 0 bridgehead atoms. The van der Waals surface area contributed by atoms with Crippen LogP contribution < -0.4 is 49.1 Å². The number of nitrogens with two attached hydrogens (primary N) is 3. The molecule has 0 radical (unpaired) electrons. The molecule has 9 amide bonds. The number of aliphatic hydroxyl groups is 2. The van der Waals surface area contributed by atoms with E-state index in [2.05, 4.69) is 36.9 Å². The van der Waals surface area contributed by atoms with Crippen molar-refractivity contribution in [2.24, 2.45) is 28.1 Å². The molecular weight excluding hydrogens is 1030 g/mol. The second-order valence-corrected chi connectivity index (χ2v) is 20.1. The molecule has 26 heteroatoms. The highest BCUT2D eigenvalue weighted by atomic mass is 16.4. The lowest BCUT2D eigenvalue weighted by molar-refractivity contribution is -0.148. The number of likely N-dealkylation sites (tertiary alicyclic amines) is 3. The maximum absolute atomic E-state index is 14.4. The van der Waals surface area contributed by atoms with Gasteiger partial charge in [0.05, 0.1) is 25.8 Å². The highest BCUT2D eigenvalue weighted by Gasteiger charge is 2.44. The van der Waals surface area contributed by atoms with E-state index < -0.39 is 133 Å². The Hall–Kier alpha value is -7.71. The number of rotatable bonds is 28. The molecule has 10 atom stereocenters. The van der Waals surface area contributed by atoms with Gasteiger partial charge in [-0.15, -0.1) is 0 Å². The molecule has 5 rings (SSSR count). The van der Waals surface area contributed by atoms with Crippen LogP contribution in [0.5, 0.6) is 0 Å². The largest absolute Gasteiger partial charge is 0.480 e. The van der Waals surface area contributed by atoms with Crippen molar-refractivity contribution in [2.45, 2.75) is 139 Å². The number of guanidine groups is 1. The van der Waals surface area contributed by atoms with E-state index in [9.17, 15) is 63.3 Å². The van der Waals surface area contributed by atoms with Gasteiger partial charge in [0, 0.05) is 39.0 Å². The van der Waals surface area contributed by atoms with E-state index in [4.69, 9.17) is 17.2 Å². The predicted octanol–water partition coefficient (Wildman–Crippen LogP) is -3.52. The van der Waals surface area contributed by atoms with Gasteiger partial charge in [-0.1, -0.05) is 80.9 Å². The van der Waals surface area contributed by atoms with Crippen LogP contribution in [0.15, 0.2) is 65.7 Å². The minimum atomic E-state index is -1.56. The maximum atomic E-state index is 14.4. The number of hydrogen-bond acceptors (Lipinski definition) is 14. The number of nitrogens with one attached hydrogen (secondary N) is 6. The smallest absolute Gasteiger partial charge is 0.326 e. The summed E-state index contributed by atoms with van der Waals surface area (Å²) in [6.45, 7) is 1.75. The number of carbonyl (C=O) groups excluding carboxylic acids is 9. The molecule has 0 saturated carbocycles. The molecule has 2 aromatic rings. The number of aliphatic imine (C=N–C) groups is 1. The van der Waals surface area contributed by atoms with E-state index >= 15 is 0 Å². The van der Waals surface area contributed by atoms with Crippen molar-refractivity contribution in [1.29, 1.82) is 0 Å². The molecule has 2 aromatic carbocycles. The lowest BCUT2D eigenvalue weighted by Gasteiger charge is -2.33. The Kier molecular flexibility index (Phi) is 23.9. The molecule has 0 aromatic heterocycles. The van der Waals surface area contributed by atoms with Gasteiger partial charge in [-0.2, -0.15) is 0 Å². The van der Waals surface area contributed by atoms with Crippen LogP contribution in [0.4, 0.5) is 0 Å². The second kappa shape index (κ2) is 30.4. The number of aliphatic carboxylic acids is 1. The third-order valence-corrected chi connectivity index (χ3v) is 14.5. The number of carboxylic acids is 1. The molecule has 432 valence electrons. The number of carboxylic acid groups (broad SMARTS) is 1. The van der Waals surface area contributed by atoms with Gasteiger partial charge in [0.1, 0.15) is 48.3 Å². The second-order valence-electron chi connectivity index (χ2n) is 20.1. The number of carbonyl (C=O) groups is 10. The van der Waals surface area contributed by atoms with E-state index in [1.165, 1.54) is 14.7 Å². The summed E-state index contributed by atoms with van der Waals surface area (Å²) >= 11 is 0. The number of nitrogens with zero attached hydrogens (tertiary/aromatic N) is 4. The van der Waals surface area contributed by atoms with Gasteiger partial charge in [-0.05, 0) is 68.4 Å². The SMILES string of the molecule is CC[C@H](C)[C@H](N)C(=O)N[C@@H](CO)C(=O)N[C@@H](CCCN=C(N)N)C(=O)N1CCC[C@H]1C(=O)N1CCC[C@H]1C(=O)NCC(=O)N[C@@H](Cc1ccccc1)C(=O)N[C@@H](CO)C(=O)N1CCC[C@H]1C(=O)N[C@@H](Cc1ccccc1)C(=O)O. The Morgan fingerprint density at radius 2 is 1.11 bits per heavy atom. The molecule has 0 aliphatic carbocycles. The van der Waals surface area contributed by atoms with Gasteiger partial charge in [0.15, 0.2) is 5.96 Å². The van der Waals surface area contributed by atoms with Gasteiger partial charge >= 0.3 is 5.97 Å². The van der Waals surface area contributed by atoms with Gasteiger partial charge in [0.2, 0.25) is 53.2 Å². The van der Waals surface area contributed by atoms with Gasteiger partial charge in [-0.25, -0.2) is 4.79 Å². The van der Waals surface area contributed by atoms with Crippen molar-refractivity contribution in [3.05, 3.63) is 71.8 Å². The molecule has 15 N–H and O–H groups in total. The molecule has 0 spiro atoms. The molecule has 79 heavy (non-hydrogen) atoms. The number of benzene rings is 2. The van der Waals surface area contributed by atoms with Crippen LogP contribution in [0, 0.1) is 5.92 Å². The van der Waals surface area contributed by atoms with E-state index in [-0.39, 0.29) is 83.0 Å². The highest BCUT2D eigenvalue weighted by molar-refractivity contribution is 5.98. The summed E-state index contributed by atoms with van der Waals surface area (Å²) in [4.78, 5) is 144. The van der Waals surface area contributed by atoms with Crippen molar-refractivity contribution in [3.63, 3.8) is 0 Å². The normalized spacial score (nSPS) is 19.6. The summed E-state index contributed by atoms with van der Waals surface area (Å²) < 4.78 is 0. The number of hydrogen-bond donors (Lipinski definition) is 12. The Balaban J connectivity index is 1.22. The van der Waals surface area contributed by atoms with Crippen LogP contribution >= 0.6 is 0 Å². The topological polar surface area (TPSA) is 404 Å². The van der Waals surface area contributed by atoms with Crippen LogP contribution in [0.3, 0.4) is 0 Å². The standard InChI is InChI=1S/C53H77N13O13/c1-3-31(2)43(54)48(74)62-37(29-67)45(71)60-34(18-10-22-57-53(55)56)49(75)66-25-13-21-41(66)51(77)65-24-11-19-39(65)46(72)58-28-42(69)59-35(26-32-14-6-4-7-15-32)44(70)63-38(30-68)50(76)64-23-12-20-40(64)47(73)61-36(52(78)79)27-33-16-8-5-9-17-33/h4-9,14-17,31,34-41,43,67-68H,3,10-13,18-30,54H2,1-2H3,(H,58,72)(H,59,69)(H,60,71)(H,61,73)(H,62,74)(H,63,70)(H,78,79)(H4,55,56,57)/t31-,34-,35-,36-,37-,38-,39-,40-,41-,43-/m0/s1. The molecule has 3 aliphatic heterocycles. The molecule has 26 nitrogen and oxygen atoms in total. The summed E-state index contributed by atoms with van der Waals surface area (Å²) in [5, 5.41) is 45.6. The quantitative estimate of drug-likeness (QED) is 0.0223. The van der Waals surface area contributed by atoms with Gasteiger partial charge < -0.3 is 79.1 Å². The van der Waals surface area contributed by atoms with Gasteiger partial charge in [0.25, 0.3) is 0 Å². The van der Waals surface area contributed by atoms with Crippen LogP contribution in [0.2, 0.25) is 0 Å². The zero-order valence-corrected chi connectivity index (χ0v) is 44.7. The zero-order valence-electron chi connectivity index (χ0n) is 44.7. The Morgan fingerprint density at radius 3 is 1.67 bits per heavy atom. The minimum Gasteiger partial charge on any atom is -0.480 e. The summed E-state index contributed by atoms with van der Waals surface area (Å²) in [7, 11) is 0. The summed E-state index contributed by atoms with van der Waals surface area (Å²) in [6, 6.07) is 6.22. The van der Waals surface area contributed by atoms with Crippen molar-refractivity contribution < 1.29 is 63.3 Å².